The van der Waals surface area contributed by atoms with Crippen LogP contribution in [0.2, 0.25) is 0 Å². The summed E-state index contributed by atoms with van der Waals surface area (Å²) in [6.07, 6.45) is -7.25. The van der Waals surface area contributed by atoms with Gasteiger partial charge in [0.05, 0.1) is 0 Å². The van der Waals surface area contributed by atoms with Gasteiger partial charge in [-0.25, -0.2) is 0 Å². The second-order valence-corrected chi connectivity index (χ2v) is 3.15. The summed E-state index contributed by atoms with van der Waals surface area (Å²) in [5.41, 5.74) is -1.05. The standard InChI is InChI=1S/C10H20O/c1-4-7-10(2,3)8-5-6-9-11/h9H,4-8H2,1-3H3/i5D2,6D2,8D2. The summed E-state index contributed by atoms with van der Waals surface area (Å²) in [4.78, 5) is 10.6. The monoisotopic (exact) mass is 162 g/mol. The van der Waals surface area contributed by atoms with Crippen LogP contribution >= 0.6 is 0 Å². The van der Waals surface area contributed by atoms with Gasteiger partial charge in [-0.1, -0.05) is 27.2 Å². The molecule has 0 spiro atoms. The first kappa shape index (κ1) is 4.06. The Morgan fingerprint density at radius 3 is 2.64 bits per heavy atom. The molecule has 0 aromatic heterocycles. The first-order valence-electron chi connectivity index (χ1n) is 6.84. The summed E-state index contributed by atoms with van der Waals surface area (Å²) in [5, 5.41) is 0. The van der Waals surface area contributed by atoms with E-state index < -0.39 is 24.5 Å². The van der Waals surface area contributed by atoms with Gasteiger partial charge in [0.2, 0.25) is 0 Å². The molecule has 0 aromatic rings. The molecule has 0 saturated carbocycles. The molecule has 0 unspecified atom stereocenters. The van der Waals surface area contributed by atoms with Crippen molar-refractivity contribution in [2.75, 3.05) is 0 Å². The fourth-order valence-corrected chi connectivity index (χ4v) is 0.922. The normalized spacial score (nSPS) is 23.5. The van der Waals surface area contributed by atoms with Crippen LogP contribution in [0.15, 0.2) is 0 Å². The lowest BCUT2D eigenvalue weighted by Gasteiger charge is -2.23. The van der Waals surface area contributed by atoms with Crippen LogP contribution in [0.4, 0.5) is 0 Å². The molecule has 0 aliphatic carbocycles. The van der Waals surface area contributed by atoms with Gasteiger partial charge in [-0.2, -0.15) is 0 Å². The van der Waals surface area contributed by atoms with E-state index in [0.29, 0.717) is 12.8 Å². The average molecular weight is 162 g/mol. The molecule has 0 atom stereocenters. The van der Waals surface area contributed by atoms with Crippen LogP contribution in [0, 0.1) is 5.41 Å². The Morgan fingerprint density at radius 2 is 2.18 bits per heavy atom. The zero-order chi connectivity index (χ0) is 14.1. The highest BCUT2D eigenvalue weighted by molar-refractivity contribution is 5.48. The molecule has 0 aromatic carbocycles. The SMILES string of the molecule is [2H]C([2H])(C=O)C([2H])([2H])C([2H])([2H])C(C)(C)CCC. The Kier molecular flexibility index (Phi) is 1.97. The second kappa shape index (κ2) is 5.34. The van der Waals surface area contributed by atoms with Gasteiger partial charge in [-0.15, -0.1) is 0 Å². The van der Waals surface area contributed by atoms with Crippen molar-refractivity contribution < 1.29 is 13.0 Å². The van der Waals surface area contributed by atoms with Crippen LogP contribution in [0.1, 0.15) is 61.0 Å². The van der Waals surface area contributed by atoms with Crippen molar-refractivity contribution in [3.63, 3.8) is 0 Å². The molecule has 0 bridgehead atoms. The summed E-state index contributed by atoms with van der Waals surface area (Å²) in [7, 11) is 0. The van der Waals surface area contributed by atoms with E-state index in [0.717, 1.165) is 0 Å². The van der Waals surface area contributed by atoms with Crippen molar-refractivity contribution in [1.29, 1.82) is 0 Å². The van der Waals surface area contributed by atoms with Gasteiger partial charge in [-0.3, -0.25) is 0 Å². The quantitative estimate of drug-likeness (QED) is 0.548. The zero-order valence-corrected chi connectivity index (χ0v) is 7.40. The molecule has 0 amide bonds. The van der Waals surface area contributed by atoms with Crippen molar-refractivity contribution in [3.05, 3.63) is 0 Å². The zero-order valence-electron chi connectivity index (χ0n) is 13.4. The molecular weight excluding hydrogens is 136 g/mol. The van der Waals surface area contributed by atoms with E-state index in [-0.39, 0.29) is 6.29 Å². The summed E-state index contributed by atoms with van der Waals surface area (Å²) in [6, 6.07) is 0. The maximum absolute atomic E-state index is 10.6. The Balaban J connectivity index is 5.51. The lowest BCUT2D eigenvalue weighted by molar-refractivity contribution is -0.108. The molecule has 1 nitrogen and oxygen atoms in total. The maximum Gasteiger partial charge on any atom is 0.119 e. The third-order valence-corrected chi connectivity index (χ3v) is 1.41. The lowest BCUT2D eigenvalue weighted by atomic mass is 9.83. The molecular formula is C10H20O. The smallest absolute Gasteiger partial charge is 0.119 e. The van der Waals surface area contributed by atoms with Gasteiger partial charge in [0.15, 0.2) is 0 Å². The molecule has 0 heterocycles. The molecule has 1 heteroatoms. The molecule has 66 valence electrons. The van der Waals surface area contributed by atoms with E-state index in [1.165, 1.54) is 0 Å². The number of hydrogen-bond donors (Lipinski definition) is 0. The Bertz CT molecular complexity index is 285. The van der Waals surface area contributed by atoms with E-state index >= 15 is 0 Å². The lowest BCUT2D eigenvalue weighted by Crippen LogP contribution is -2.10. The van der Waals surface area contributed by atoms with Gasteiger partial charge < -0.3 is 4.79 Å². The van der Waals surface area contributed by atoms with Crippen molar-refractivity contribution in [1.82, 2.24) is 0 Å². The van der Waals surface area contributed by atoms with E-state index in [1.54, 1.807) is 13.8 Å². The van der Waals surface area contributed by atoms with Crippen molar-refractivity contribution in [2.45, 2.75) is 52.7 Å². The summed E-state index contributed by atoms with van der Waals surface area (Å²) >= 11 is 0. The molecule has 0 saturated heterocycles. The number of carbonyl (C=O) groups is 1. The van der Waals surface area contributed by atoms with Crippen LogP contribution in [0.25, 0.3) is 0 Å². The van der Waals surface area contributed by atoms with Crippen LogP contribution in [0.3, 0.4) is 0 Å². The van der Waals surface area contributed by atoms with Crippen molar-refractivity contribution in [2.24, 2.45) is 5.41 Å². The minimum absolute atomic E-state index is 0.160. The van der Waals surface area contributed by atoms with Gasteiger partial charge in [0.1, 0.15) is 6.29 Å². The van der Waals surface area contributed by atoms with E-state index in [1.807, 2.05) is 6.92 Å². The first-order valence-corrected chi connectivity index (χ1v) is 3.84. The Morgan fingerprint density at radius 1 is 1.55 bits per heavy atom. The van der Waals surface area contributed by atoms with Gasteiger partial charge >= 0.3 is 0 Å². The van der Waals surface area contributed by atoms with Gasteiger partial charge in [-0.05, 0) is 24.6 Å². The van der Waals surface area contributed by atoms with Crippen LogP contribution in [-0.2, 0) is 4.79 Å². The minimum atomic E-state index is -2.87. The largest absolute Gasteiger partial charge is 0.303 e. The molecule has 0 rings (SSSR count). The van der Waals surface area contributed by atoms with Crippen molar-refractivity contribution >= 4 is 6.29 Å². The number of hydrogen-bond acceptors (Lipinski definition) is 1. The van der Waals surface area contributed by atoms with E-state index in [9.17, 15) is 4.79 Å². The number of aldehydes is 1. The third-order valence-electron chi connectivity index (χ3n) is 1.41. The molecule has 0 fully saturated rings. The third kappa shape index (κ3) is 6.08. The molecule has 11 heavy (non-hydrogen) atoms. The predicted octanol–water partition coefficient (Wildman–Crippen LogP) is 3.18. The molecule has 0 aliphatic rings. The number of rotatable bonds is 6. The minimum Gasteiger partial charge on any atom is -0.303 e. The molecule has 0 N–H and O–H groups in total. The fourth-order valence-electron chi connectivity index (χ4n) is 0.922. The molecule has 0 radical (unpaired) electrons. The average Bonchev–Trinajstić information content (AvgIpc) is 2.16. The highest BCUT2D eigenvalue weighted by Crippen LogP contribution is 2.28. The summed E-state index contributed by atoms with van der Waals surface area (Å²) in [6.45, 7) is 4.95. The van der Waals surface area contributed by atoms with Crippen LogP contribution < -0.4 is 0 Å². The molecule has 0 aliphatic heterocycles. The number of carbonyl (C=O) groups excluding carboxylic acids is 1. The predicted molar refractivity (Wildman–Crippen MR) is 48.6 cm³/mol. The summed E-state index contributed by atoms with van der Waals surface area (Å²) < 4.78 is 45.7. The van der Waals surface area contributed by atoms with E-state index in [4.69, 9.17) is 8.22 Å². The van der Waals surface area contributed by atoms with Crippen LogP contribution in [0.5, 0.6) is 0 Å². The van der Waals surface area contributed by atoms with Crippen molar-refractivity contribution in [3.8, 4) is 0 Å². The van der Waals surface area contributed by atoms with Gasteiger partial charge in [0, 0.05) is 14.6 Å². The maximum atomic E-state index is 10.6. The summed E-state index contributed by atoms with van der Waals surface area (Å²) in [5.74, 6) is 0. The van der Waals surface area contributed by atoms with Gasteiger partial charge in [0.25, 0.3) is 0 Å². The topological polar surface area (TPSA) is 17.1 Å². The van der Waals surface area contributed by atoms with E-state index in [2.05, 4.69) is 0 Å². The Labute approximate surface area is 78.6 Å². The highest BCUT2D eigenvalue weighted by atomic mass is 16.1. The fraction of sp³-hybridized carbons (Fsp3) is 0.900. The highest BCUT2D eigenvalue weighted by Gasteiger charge is 2.14. The Hall–Kier alpha value is -0.330. The van der Waals surface area contributed by atoms with Crippen LogP contribution in [-0.4, -0.2) is 6.29 Å². The first-order chi connectivity index (χ1) is 7.37. The second-order valence-electron chi connectivity index (χ2n) is 3.15.